The van der Waals surface area contributed by atoms with Crippen molar-refractivity contribution in [3.63, 3.8) is 0 Å². The standard InChI is InChI=1S/C14H18F2S/c1-11(10-17)13(14(15)16)9-5-8-12-6-3-2-4-7-12/h2-4,6-7,11,17H,5,8-10H2,1H3. The van der Waals surface area contributed by atoms with Gasteiger partial charge in [0.1, 0.15) is 0 Å². The molecule has 94 valence electrons. The molecule has 3 heteroatoms. The molecule has 0 bridgehead atoms. The summed E-state index contributed by atoms with van der Waals surface area (Å²) in [6.07, 6.45) is 0.532. The summed E-state index contributed by atoms with van der Waals surface area (Å²) in [6, 6.07) is 9.95. The van der Waals surface area contributed by atoms with Gasteiger partial charge in [-0.15, -0.1) is 0 Å². The second-order valence-corrected chi connectivity index (χ2v) is 4.57. The van der Waals surface area contributed by atoms with Gasteiger partial charge in [-0.2, -0.15) is 21.4 Å². The molecule has 0 nitrogen and oxygen atoms in total. The summed E-state index contributed by atoms with van der Waals surface area (Å²) >= 11 is 4.07. The van der Waals surface area contributed by atoms with Gasteiger partial charge in [-0.05, 0) is 42.1 Å². The zero-order valence-electron chi connectivity index (χ0n) is 10.00. The highest BCUT2D eigenvalue weighted by molar-refractivity contribution is 7.80. The van der Waals surface area contributed by atoms with Crippen LogP contribution in [-0.2, 0) is 6.42 Å². The third-order valence-corrected chi connectivity index (χ3v) is 3.41. The summed E-state index contributed by atoms with van der Waals surface area (Å²) in [7, 11) is 0. The Morgan fingerprint density at radius 2 is 1.88 bits per heavy atom. The Bertz CT molecular complexity index is 356. The van der Waals surface area contributed by atoms with Gasteiger partial charge < -0.3 is 0 Å². The van der Waals surface area contributed by atoms with Crippen molar-refractivity contribution < 1.29 is 8.78 Å². The van der Waals surface area contributed by atoms with Crippen molar-refractivity contribution in [2.45, 2.75) is 26.2 Å². The van der Waals surface area contributed by atoms with Gasteiger partial charge in [0.2, 0.25) is 0 Å². The van der Waals surface area contributed by atoms with Crippen LogP contribution in [0.2, 0.25) is 0 Å². The average Bonchev–Trinajstić information content (AvgIpc) is 2.34. The summed E-state index contributed by atoms with van der Waals surface area (Å²) in [4.78, 5) is 0. The molecule has 1 atom stereocenters. The molecule has 1 aromatic carbocycles. The first-order valence-electron chi connectivity index (χ1n) is 5.84. The molecule has 0 aliphatic heterocycles. The lowest BCUT2D eigenvalue weighted by Gasteiger charge is -2.12. The molecule has 0 heterocycles. The van der Waals surface area contributed by atoms with E-state index in [9.17, 15) is 8.78 Å². The van der Waals surface area contributed by atoms with E-state index < -0.39 is 6.08 Å². The maximum Gasteiger partial charge on any atom is 0.269 e. The maximum absolute atomic E-state index is 12.7. The van der Waals surface area contributed by atoms with Gasteiger partial charge in [-0.25, -0.2) is 0 Å². The van der Waals surface area contributed by atoms with Crippen molar-refractivity contribution in [3.8, 4) is 0 Å². The lowest BCUT2D eigenvalue weighted by molar-refractivity contribution is 0.394. The number of hydrogen-bond donors (Lipinski definition) is 1. The fraction of sp³-hybridized carbons (Fsp3) is 0.429. The van der Waals surface area contributed by atoms with E-state index in [0.29, 0.717) is 12.2 Å². The normalized spacial score (nSPS) is 12.2. The Morgan fingerprint density at radius 1 is 1.24 bits per heavy atom. The van der Waals surface area contributed by atoms with Crippen LogP contribution in [0.25, 0.3) is 0 Å². The molecule has 0 N–H and O–H groups in total. The average molecular weight is 256 g/mol. The second kappa shape index (κ2) is 7.49. The SMILES string of the molecule is CC(CS)C(CCCc1ccccc1)=C(F)F. The van der Waals surface area contributed by atoms with Gasteiger partial charge in [0.15, 0.2) is 0 Å². The van der Waals surface area contributed by atoms with Crippen LogP contribution in [0.3, 0.4) is 0 Å². The van der Waals surface area contributed by atoms with Crippen molar-refractivity contribution >= 4 is 12.6 Å². The van der Waals surface area contributed by atoms with Crippen molar-refractivity contribution in [2.75, 3.05) is 5.75 Å². The van der Waals surface area contributed by atoms with E-state index in [1.807, 2.05) is 30.3 Å². The Balaban J connectivity index is 2.47. The summed E-state index contributed by atoms with van der Waals surface area (Å²) in [6.45, 7) is 1.80. The van der Waals surface area contributed by atoms with Crippen LogP contribution in [0.1, 0.15) is 25.3 Å². The minimum absolute atomic E-state index is 0.140. The minimum atomic E-state index is -1.53. The van der Waals surface area contributed by atoms with E-state index >= 15 is 0 Å². The Kier molecular flexibility index (Phi) is 6.27. The monoisotopic (exact) mass is 256 g/mol. The quantitative estimate of drug-likeness (QED) is 0.699. The fourth-order valence-corrected chi connectivity index (χ4v) is 1.99. The molecule has 0 aliphatic carbocycles. The first-order chi connectivity index (χ1) is 8.15. The summed E-state index contributed by atoms with van der Waals surface area (Å²) in [5.74, 6) is 0.331. The van der Waals surface area contributed by atoms with Crippen LogP contribution in [0.4, 0.5) is 8.78 Å². The lowest BCUT2D eigenvalue weighted by atomic mass is 9.97. The molecule has 1 aromatic rings. The smallest absolute Gasteiger partial charge is 0.179 e. The first-order valence-corrected chi connectivity index (χ1v) is 6.47. The molecule has 0 saturated carbocycles. The van der Waals surface area contributed by atoms with E-state index in [1.165, 1.54) is 5.56 Å². The summed E-state index contributed by atoms with van der Waals surface area (Å²) < 4.78 is 25.4. The molecular formula is C14H18F2S. The summed E-state index contributed by atoms with van der Waals surface area (Å²) in [5, 5.41) is 0. The largest absolute Gasteiger partial charge is 0.269 e. The fourth-order valence-electron chi connectivity index (χ4n) is 1.76. The molecular weight excluding hydrogens is 238 g/mol. The van der Waals surface area contributed by atoms with E-state index in [4.69, 9.17) is 0 Å². The topological polar surface area (TPSA) is 0 Å². The number of benzene rings is 1. The molecule has 1 unspecified atom stereocenters. The molecule has 0 fully saturated rings. The zero-order chi connectivity index (χ0) is 12.7. The van der Waals surface area contributed by atoms with Crippen molar-refractivity contribution in [3.05, 3.63) is 47.5 Å². The molecule has 0 amide bonds. The van der Waals surface area contributed by atoms with Crippen LogP contribution in [0, 0.1) is 5.92 Å². The Hall–Kier alpha value is -0.830. The first kappa shape index (κ1) is 14.2. The number of halogens is 2. The van der Waals surface area contributed by atoms with Gasteiger partial charge in [0, 0.05) is 0 Å². The number of aryl methyl sites for hydroxylation is 1. The molecule has 0 aromatic heterocycles. The predicted molar refractivity (Wildman–Crippen MR) is 71.6 cm³/mol. The lowest BCUT2D eigenvalue weighted by Crippen LogP contribution is -2.03. The van der Waals surface area contributed by atoms with E-state index in [2.05, 4.69) is 12.6 Å². The molecule has 0 spiro atoms. The van der Waals surface area contributed by atoms with Crippen molar-refractivity contribution in [1.82, 2.24) is 0 Å². The van der Waals surface area contributed by atoms with E-state index in [-0.39, 0.29) is 11.5 Å². The zero-order valence-corrected chi connectivity index (χ0v) is 10.9. The van der Waals surface area contributed by atoms with Crippen LogP contribution < -0.4 is 0 Å². The van der Waals surface area contributed by atoms with Crippen LogP contribution in [-0.4, -0.2) is 5.75 Å². The van der Waals surface area contributed by atoms with Crippen LogP contribution in [0.15, 0.2) is 42.0 Å². The van der Waals surface area contributed by atoms with Gasteiger partial charge >= 0.3 is 0 Å². The van der Waals surface area contributed by atoms with Crippen molar-refractivity contribution in [1.29, 1.82) is 0 Å². The third-order valence-electron chi connectivity index (χ3n) is 2.87. The Labute approximate surface area is 107 Å². The highest BCUT2D eigenvalue weighted by Crippen LogP contribution is 2.24. The molecule has 0 saturated heterocycles. The number of hydrogen-bond acceptors (Lipinski definition) is 1. The number of thiol groups is 1. The summed E-state index contributed by atoms with van der Waals surface area (Å²) in [5.41, 5.74) is 1.46. The third kappa shape index (κ3) is 4.90. The van der Waals surface area contributed by atoms with Gasteiger partial charge in [0.05, 0.1) is 0 Å². The highest BCUT2D eigenvalue weighted by Gasteiger charge is 2.13. The van der Waals surface area contributed by atoms with Gasteiger partial charge in [0.25, 0.3) is 6.08 Å². The minimum Gasteiger partial charge on any atom is -0.179 e. The number of rotatable bonds is 6. The van der Waals surface area contributed by atoms with Crippen LogP contribution in [0.5, 0.6) is 0 Å². The van der Waals surface area contributed by atoms with Crippen LogP contribution >= 0.6 is 12.6 Å². The maximum atomic E-state index is 12.7. The molecule has 17 heavy (non-hydrogen) atoms. The van der Waals surface area contributed by atoms with Gasteiger partial charge in [-0.1, -0.05) is 37.3 Å². The van der Waals surface area contributed by atoms with E-state index in [0.717, 1.165) is 12.8 Å². The highest BCUT2D eigenvalue weighted by atomic mass is 32.1. The van der Waals surface area contributed by atoms with Crippen molar-refractivity contribution in [2.24, 2.45) is 5.92 Å². The second-order valence-electron chi connectivity index (χ2n) is 4.21. The molecule has 0 radical (unpaired) electrons. The van der Waals surface area contributed by atoms with E-state index in [1.54, 1.807) is 6.92 Å². The molecule has 1 rings (SSSR count). The molecule has 0 aliphatic rings. The Morgan fingerprint density at radius 3 is 2.41 bits per heavy atom. The number of allylic oxidation sites excluding steroid dienone is 1. The van der Waals surface area contributed by atoms with Gasteiger partial charge in [-0.3, -0.25) is 0 Å². The predicted octanol–water partition coefficient (Wildman–Crippen LogP) is 4.73.